The first-order valence-corrected chi connectivity index (χ1v) is 4.37. The summed E-state index contributed by atoms with van der Waals surface area (Å²) in [6.45, 7) is -0.409. The maximum Gasteiger partial charge on any atom is 0.357 e. The molecule has 66 valence electrons. The Morgan fingerprint density at radius 3 is 2.64 bits per heavy atom. The van der Waals surface area contributed by atoms with Crippen LogP contribution in [0.3, 0.4) is 0 Å². The van der Waals surface area contributed by atoms with Crippen LogP contribution in [-0.4, -0.2) is 28.8 Å². The lowest BCUT2D eigenvalue weighted by molar-refractivity contribution is -0.135. The maximum absolute atomic E-state index is 10.5. The first-order chi connectivity index (χ1) is 4.98. The minimum Gasteiger partial charge on any atom is -0.480 e. The Balaban J connectivity index is 3.54. The average molecular weight is 184 g/mol. The molecule has 0 aliphatic rings. The van der Waals surface area contributed by atoms with E-state index >= 15 is 0 Å². The van der Waals surface area contributed by atoms with Gasteiger partial charge >= 0.3 is 13.6 Å². The van der Waals surface area contributed by atoms with Gasteiger partial charge in [-0.25, -0.2) is 10.5 Å². The van der Waals surface area contributed by atoms with E-state index in [1.54, 1.807) is 0 Å². The van der Waals surface area contributed by atoms with Gasteiger partial charge in [-0.3, -0.25) is 14.7 Å². The molecule has 0 saturated heterocycles. The van der Waals surface area contributed by atoms with Crippen LogP contribution in [0.25, 0.3) is 0 Å². The Morgan fingerprint density at radius 2 is 2.27 bits per heavy atom. The number of nitrogens with one attached hydrogen (secondary N) is 1. The van der Waals surface area contributed by atoms with Crippen molar-refractivity contribution >= 4 is 13.6 Å². The van der Waals surface area contributed by atoms with Gasteiger partial charge in [0.2, 0.25) is 0 Å². The first kappa shape index (κ1) is 10.5. The number of carbonyl (C=O) groups is 1. The largest absolute Gasteiger partial charge is 0.480 e. The zero-order valence-electron chi connectivity index (χ0n) is 5.56. The van der Waals surface area contributed by atoms with Gasteiger partial charge in [0.15, 0.2) is 0 Å². The molecule has 1 atom stereocenters. The van der Waals surface area contributed by atoms with E-state index in [9.17, 15) is 9.36 Å². The number of hydrogen-bond donors (Lipinski definition) is 4. The van der Waals surface area contributed by atoms with E-state index in [0.717, 1.165) is 0 Å². The second-order valence-electron chi connectivity index (χ2n) is 1.72. The van der Waals surface area contributed by atoms with E-state index in [1.807, 2.05) is 0 Å². The molecule has 8 heteroatoms. The van der Waals surface area contributed by atoms with Crippen molar-refractivity contribution in [3.63, 3.8) is 0 Å². The van der Waals surface area contributed by atoms with Gasteiger partial charge in [-0.2, -0.15) is 0 Å². The van der Waals surface area contributed by atoms with E-state index in [4.69, 9.17) is 10.00 Å². The van der Waals surface area contributed by atoms with Gasteiger partial charge in [-0.15, -0.1) is 0 Å². The van der Waals surface area contributed by atoms with Crippen molar-refractivity contribution in [2.45, 2.75) is 0 Å². The normalized spacial score (nSPS) is 15.8. The molecule has 0 heterocycles. The standard InChI is InChI=1S/C3H9N2O5P/c4-10-11(8,9)2-5-1-3(6)7/h5H,1-2,4H2,(H,6,7)(H,8,9). The molecule has 0 aliphatic carbocycles. The summed E-state index contributed by atoms with van der Waals surface area (Å²) in [5.74, 6) is 3.30. The molecule has 5 N–H and O–H groups in total. The molecule has 0 aromatic carbocycles. The van der Waals surface area contributed by atoms with Crippen LogP contribution >= 0.6 is 7.60 Å². The molecule has 0 spiro atoms. The van der Waals surface area contributed by atoms with Crippen molar-refractivity contribution in [3.8, 4) is 0 Å². The Bertz CT molecular complexity index is 183. The lowest BCUT2D eigenvalue weighted by Gasteiger charge is -2.06. The maximum atomic E-state index is 10.5. The van der Waals surface area contributed by atoms with Gasteiger partial charge in [-0.1, -0.05) is 0 Å². The number of hydrogen-bond acceptors (Lipinski definition) is 5. The SMILES string of the molecule is NOP(=O)(O)CNCC(=O)O. The molecule has 0 rings (SSSR count). The third-order valence-electron chi connectivity index (χ3n) is 0.753. The average Bonchev–Trinajstić information content (AvgIpc) is 1.87. The highest BCUT2D eigenvalue weighted by atomic mass is 31.2. The van der Waals surface area contributed by atoms with Crippen LogP contribution in [0.2, 0.25) is 0 Å². The zero-order chi connectivity index (χ0) is 8.91. The second-order valence-corrected chi connectivity index (χ2v) is 3.52. The predicted molar refractivity (Wildman–Crippen MR) is 35.6 cm³/mol. The highest BCUT2D eigenvalue weighted by molar-refractivity contribution is 7.52. The van der Waals surface area contributed by atoms with Crippen LogP contribution in [0, 0.1) is 0 Å². The Hall–Kier alpha value is -0.460. The molecule has 0 aromatic rings. The van der Waals surface area contributed by atoms with Crippen molar-refractivity contribution in [3.05, 3.63) is 0 Å². The van der Waals surface area contributed by atoms with Crippen LogP contribution in [0.1, 0.15) is 0 Å². The molecular formula is C3H9N2O5P. The zero-order valence-corrected chi connectivity index (χ0v) is 6.45. The third-order valence-corrected chi connectivity index (χ3v) is 1.71. The molecule has 7 nitrogen and oxygen atoms in total. The Kier molecular flexibility index (Phi) is 4.24. The van der Waals surface area contributed by atoms with Crippen molar-refractivity contribution in [2.75, 3.05) is 12.8 Å². The summed E-state index contributed by atoms with van der Waals surface area (Å²) in [7, 11) is -3.83. The molecule has 0 saturated carbocycles. The van der Waals surface area contributed by atoms with Crippen LogP contribution < -0.4 is 11.2 Å². The van der Waals surface area contributed by atoms with E-state index in [0.29, 0.717) is 0 Å². The van der Waals surface area contributed by atoms with Gasteiger partial charge < -0.3 is 10.00 Å². The van der Waals surface area contributed by atoms with Crippen LogP contribution in [-0.2, 0) is 14.0 Å². The number of nitrogens with two attached hydrogens (primary N) is 1. The number of rotatable bonds is 5. The fourth-order valence-corrected chi connectivity index (χ4v) is 0.810. The minimum atomic E-state index is -3.83. The Morgan fingerprint density at radius 1 is 1.73 bits per heavy atom. The van der Waals surface area contributed by atoms with Gasteiger partial charge in [0.1, 0.15) is 6.29 Å². The fourth-order valence-electron chi connectivity index (χ4n) is 0.341. The fraction of sp³-hybridized carbons (Fsp3) is 0.667. The van der Waals surface area contributed by atoms with E-state index in [1.165, 1.54) is 0 Å². The molecule has 1 unspecified atom stereocenters. The Labute approximate surface area is 62.6 Å². The monoisotopic (exact) mass is 184 g/mol. The summed E-state index contributed by atoms with van der Waals surface area (Å²) >= 11 is 0. The number of carboxylic acid groups (broad SMARTS) is 1. The van der Waals surface area contributed by atoms with E-state index < -0.39 is 26.4 Å². The molecule has 11 heavy (non-hydrogen) atoms. The minimum absolute atomic E-state index is 0.409. The predicted octanol–water partition coefficient (Wildman–Crippen LogP) is -1.31. The molecule has 0 radical (unpaired) electrons. The number of aliphatic carboxylic acids is 1. The molecule has 0 amide bonds. The summed E-state index contributed by atoms with van der Waals surface area (Å²) in [5, 5.41) is 10.2. The summed E-state index contributed by atoms with van der Waals surface area (Å²) in [6.07, 6.45) is -0.476. The van der Waals surface area contributed by atoms with Gasteiger partial charge in [0, 0.05) is 0 Å². The van der Waals surface area contributed by atoms with Crippen LogP contribution in [0.5, 0.6) is 0 Å². The topological polar surface area (TPSA) is 122 Å². The highest BCUT2D eigenvalue weighted by Crippen LogP contribution is 2.37. The number of carboxylic acids is 1. The van der Waals surface area contributed by atoms with Crippen molar-refractivity contribution < 1.29 is 24.0 Å². The summed E-state index contributed by atoms with van der Waals surface area (Å²) in [4.78, 5) is 18.5. The van der Waals surface area contributed by atoms with Crippen molar-refractivity contribution in [1.29, 1.82) is 0 Å². The summed E-state index contributed by atoms with van der Waals surface area (Å²) in [5.41, 5.74) is 0. The van der Waals surface area contributed by atoms with Crippen LogP contribution in [0.15, 0.2) is 0 Å². The van der Waals surface area contributed by atoms with Gasteiger partial charge in [0.05, 0.1) is 6.54 Å². The van der Waals surface area contributed by atoms with E-state index in [2.05, 4.69) is 15.8 Å². The quantitative estimate of drug-likeness (QED) is 0.309. The summed E-state index contributed by atoms with van der Waals surface area (Å²) in [6, 6.07) is 0. The molecule has 0 fully saturated rings. The van der Waals surface area contributed by atoms with Gasteiger partial charge in [0.25, 0.3) is 0 Å². The molecule has 0 aliphatic heterocycles. The molecular weight excluding hydrogens is 175 g/mol. The molecule has 0 aromatic heterocycles. The second kappa shape index (κ2) is 4.42. The smallest absolute Gasteiger partial charge is 0.357 e. The summed E-state index contributed by atoms with van der Waals surface area (Å²) < 4.78 is 14.2. The van der Waals surface area contributed by atoms with Crippen molar-refractivity contribution in [2.24, 2.45) is 5.90 Å². The highest BCUT2D eigenvalue weighted by Gasteiger charge is 2.17. The van der Waals surface area contributed by atoms with Crippen LogP contribution in [0.4, 0.5) is 0 Å². The first-order valence-electron chi connectivity index (χ1n) is 2.61. The van der Waals surface area contributed by atoms with Gasteiger partial charge in [-0.05, 0) is 0 Å². The lowest BCUT2D eigenvalue weighted by Crippen LogP contribution is -2.24. The third kappa shape index (κ3) is 5.96. The molecule has 0 bridgehead atoms. The van der Waals surface area contributed by atoms with Crippen molar-refractivity contribution in [1.82, 2.24) is 5.32 Å². The lowest BCUT2D eigenvalue weighted by atomic mass is 10.7. The van der Waals surface area contributed by atoms with E-state index in [-0.39, 0.29) is 0 Å².